The number of amides is 1. The van der Waals surface area contributed by atoms with Crippen LogP contribution < -0.4 is 10.2 Å². The monoisotopic (exact) mass is 369 g/mol. The molecule has 0 radical (unpaired) electrons. The molecule has 1 aromatic heterocycles. The maximum Gasteiger partial charge on any atom is 0.257 e. The molecule has 0 saturated heterocycles. The van der Waals surface area contributed by atoms with E-state index < -0.39 is 0 Å². The first kappa shape index (κ1) is 18.3. The lowest BCUT2D eigenvalue weighted by atomic mass is 10.1. The van der Waals surface area contributed by atoms with Gasteiger partial charge in [-0.3, -0.25) is 4.79 Å². The number of hydrogen-bond acceptors (Lipinski definition) is 5. The van der Waals surface area contributed by atoms with E-state index in [0.717, 1.165) is 35.4 Å². The van der Waals surface area contributed by atoms with E-state index in [9.17, 15) is 4.79 Å². The normalized spacial score (nSPS) is 10.9. The lowest BCUT2D eigenvalue weighted by Gasteiger charge is -2.23. The summed E-state index contributed by atoms with van der Waals surface area (Å²) in [6, 6.07) is 13.6. The molecule has 0 spiro atoms. The van der Waals surface area contributed by atoms with Crippen molar-refractivity contribution >= 4 is 40.1 Å². The summed E-state index contributed by atoms with van der Waals surface area (Å²) in [7, 11) is 0. The predicted molar refractivity (Wildman–Crippen MR) is 108 cm³/mol. The highest BCUT2D eigenvalue weighted by Crippen LogP contribution is 2.25. The standard InChI is InChI=1S/C20H23N3O2S/c1-4-23(5-2)17-11-10-15(12-14(17)3)21-19(24)13-26-20-22-16-8-6-7-9-18(16)25-20/h6-12H,4-5,13H2,1-3H3,(H,21,24). The molecule has 1 N–H and O–H groups in total. The van der Waals surface area contributed by atoms with Crippen LogP contribution in [0, 0.1) is 6.92 Å². The van der Waals surface area contributed by atoms with Gasteiger partial charge in [0.2, 0.25) is 5.91 Å². The molecule has 0 fully saturated rings. The van der Waals surface area contributed by atoms with Gasteiger partial charge in [-0.15, -0.1) is 0 Å². The van der Waals surface area contributed by atoms with Crippen molar-refractivity contribution in [1.29, 1.82) is 0 Å². The van der Waals surface area contributed by atoms with Crippen LogP contribution in [-0.2, 0) is 4.79 Å². The van der Waals surface area contributed by atoms with E-state index in [1.165, 1.54) is 17.4 Å². The molecule has 26 heavy (non-hydrogen) atoms. The third-order valence-electron chi connectivity index (χ3n) is 4.19. The van der Waals surface area contributed by atoms with Crippen LogP contribution >= 0.6 is 11.8 Å². The Kier molecular flexibility index (Phi) is 5.83. The van der Waals surface area contributed by atoms with Gasteiger partial charge in [-0.2, -0.15) is 0 Å². The number of aryl methyl sites for hydroxylation is 1. The second-order valence-electron chi connectivity index (χ2n) is 5.96. The Morgan fingerprint density at radius 3 is 2.65 bits per heavy atom. The summed E-state index contributed by atoms with van der Waals surface area (Å²) in [5.74, 6) is 0.177. The lowest BCUT2D eigenvalue weighted by molar-refractivity contribution is -0.113. The number of aromatic nitrogens is 1. The van der Waals surface area contributed by atoms with Gasteiger partial charge in [-0.25, -0.2) is 4.98 Å². The van der Waals surface area contributed by atoms with Gasteiger partial charge in [0.05, 0.1) is 5.75 Å². The lowest BCUT2D eigenvalue weighted by Crippen LogP contribution is -2.22. The number of anilines is 2. The summed E-state index contributed by atoms with van der Waals surface area (Å²) in [5.41, 5.74) is 4.70. The number of para-hydroxylation sites is 2. The molecule has 1 heterocycles. The van der Waals surface area contributed by atoms with Crippen molar-refractivity contribution in [2.45, 2.75) is 26.0 Å². The molecule has 3 aromatic rings. The largest absolute Gasteiger partial charge is 0.431 e. The summed E-state index contributed by atoms with van der Waals surface area (Å²) in [6.45, 7) is 8.27. The molecule has 5 nitrogen and oxygen atoms in total. The molecule has 2 aromatic carbocycles. The number of oxazole rings is 1. The van der Waals surface area contributed by atoms with Gasteiger partial charge >= 0.3 is 0 Å². The first-order chi connectivity index (χ1) is 12.6. The van der Waals surface area contributed by atoms with E-state index >= 15 is 0 Å². The van der Waals surface area contributed by atoms with Crippen LogP contribution in [0.4, 0.5) is 11.4 Å². The maximum absolute atomic E-state index is 12.2. The molecule has 136 valence electrons. The number of hydrogen-bond donors (Lipinski definition) is 1. The highest BCUT2D eigenvalue weighted by Gasteiger charge is 2.11. The smallest absolute Gasteiger partial charge is 0.257 e. The Labute approximate surface area is 157 Å². The highest BCUT2D eigenvalue weighted by atomic mass is 32.2. The van der Waals surface area contributed by atoms with Crippen LogP contribution in [0.15, 0.2) is 52.1 Å². The quantitative estimate of drug-likeness (QED) is 0.611. The van der Waals surface area contributed by atoms with Gasteiger partial charge in [0.1, 0.15) is 5.52 Å². The summed E-state index contributed by atoms with van der Waals surface area (Å²) in [4.78, 5) is 18.9. The van der Waals surface area contributed by atoms with Gasteiger partial charge in [-0.1, -0.05) is 23.9 Å². The van der Waals surface area contributed by atoms with Gasteiger partial charge in [0.25, 0.3) is 5.22 Å². The number of nitrogens with zero attached hydrogens (tertiary/aromatic N) is 2. The fraction of sp³-hybridized carbons (Fsp3) is 0.300. The Balaban J connectivity index is 1.60. The molecule has 0 atom stereocenters. The van der Waals surface area contributed by atoms with Crippen LogP contribution in [-0.4, -0.2) is 29.7 Å². The van der Waals surface area contributed by atoms with Crippen molar-refractivity contribution in [2.75, 3.05) is 29.1 Å². The third-order valence-corrected chi connectivity index (χ3v) is 5.01. The van der Waals surface area contributed by atoms with Crippen LogP contribution in [0.1, 0.15) is 19.4 Å². The van der Waals surface area contributed by atoms with Gasteiger partial charge in [0.15, 0.2) is 5.58 Å². The number of carbonyl (C=O) groups excluding carboxylic acids is 1. The molecular formula is C20H23N3O2S. The van der Waals surface area contributed by atoms with Crippen LogP contribution in [0.2, 0.25) is 0 Å². The van der Waals surface area contributed by atoms with Crippen molar-refractivity contribution in [3.8, 4) is 0 Å². The Hall–Kier alpha value is -2.47. The highest BCUT2D eigenvalue weighted by molar-refractivity contribution is 7.99. The number of carbonyl (C=O) groups is 1. The second kappa shape index (κ2) is 8.27. The van der Waals surface area contributed by atoms with Crippen molar-refractivity contribution < 1.29 is 9.21 Å². The molecule has 3 rings (SSSR count). The molecule has 0 aliphatic heterocycles. The minimum Gasteiger partial charge on any atom is -0.431 e. The number of benzene rings is 2. The van der Waals surface area contributed by atoms with Gasteiger partial charge in [-0.05, 0) is 56.7 Å². The molecule has 0 aliphatic carbocycles. The van der Waals surface area contributed by atoms with Crippen molar-refractivity contribution in [3.63, 3.8) is 0 Å². The first-order valence-corrected chi connectivity index (χ1v) is 9.73. The topological polar surface area (TPSA) is 58.4 Å². The molecule has 1 amide bonds. The van der Waals surface area contributed by atoms with Crippen molar-refractivity contribution in [2.24, 2.45) is 0 Å². The van der Waals surface area contributed by atoms with E-state index in [1.807, 2.05) is 36.4 Å². The van der Waals surface area contributed by atoms with E-state index in [2.05, 4.69) is 42.0 Å². The van der Waals surface area contributed by atoms with Crippen molar-refractivity contribution in [1.82, 2.24) is 4.98 Å². The van der Waals surface area contributed by atoms with Crippen molar-refractivity contribution in [3.05, 3.63) is 48.0 Å². The number of rotatable bonds is 7. The van der Waals surface area contributed by atoms with E-state index in [1.54, 1.807) is 0 Å². The first-order valence-electron chi connectivity index (χ1n) is 8.74. The van der Waals surface area contributed by atoms with E-state index in [0.29, 0.717) is 5.22 Å². The van der Waals surface area contributed by atoms with E-state index in [-0.39, 0.29) is 11.7 Å². The molecule has 0 saturated carbocycles. The summed E-state index contributed by atoms with van der Waals surface area (Å²) >= 11 is 1.29. The van der Waals surface area contributed by atoms with Gasteiger partial charge in [0, 0.05) is 24.5 Å². The third kappa shape index (κ3) is 4.19. The fourth-order valence-electron chi connectivity index (χ4n) is 2.89. The number of nitrogens with one attached hydrogen (secondary N) is 1. The molecule has 0 unspecified atom stereocenters. The predicted octanol–water partition coefficient (Wildman–Crippen LogP) is 4.71. The summed E-state index contributed by atoms with van der Waals surface area (Å²) < 4.78 is 5.62. The zero-order valence-corrected chi connectivity index (χ0v) is 16.1. The molecule has 0 bridgehead atoms. The van der Waals surface area contributed by atoms with Crippen LogP contribution in [0.3, 0.4) is 0 Å². The molecular weight excluding hydrogens is 346 g/mol. The second-order valence-corrected chi connectivity index (χ2v) is 6.88. The molecule has 6 heteroatoms. The summed E-state index contributed by atoms with van der Waals surface area (Å²) in [5, 5.41) is 3.45. The van der Waals surface area contributed by atoms with Gasteiger partial charge < -0.3 is 14.6 Å². The average molecular weight is 369 g/mol. The minimum absolute atomic E-state index is 0.0766. The Morgan fingerprint density at radius 2 is 1.96 bits per heavy atom. The minimum atomic E-state index is -0.0766. The Morgan fingerprint density at radius 1 is 1.19 bits per heavy atom. The maximum atomic E-state index is 12.2. The number of fused-ring (bicyclic) bond motifs is 1. The number of thioether (sulfide) groups is 1. The van der Waals surface area contributed by atoms with Crippen LogP contribution in [0.25, 0.3) is 11.1 Å². The average Bonchev–Trinajstić information content (AvgIpc) is 3.05. The van der Waals surface area contributed by atoms with E-state index in [4.69, 9.17) is 4.42 Å². The zero-order valence-electron chi connectivity index (χ0n) is 15.3. The molecule has 0 aliphatic rings. The SMILES string of the molecule is CCN(CC)c1ccc(NC(=O)CSc2nc3ccccc3o2)cc1C. The van der Waals surface area contributed by atoms with Crippen LogP contribution in [0.5, 0.6) is 0 Å². The Bertz CT molecular complexity index is 870. The zero-order chi connectivity index (χ0) is 18.5. The summed E-state index contributed by atoms with van der Waals surface area (Å²) in [6.07, 6.45) is 0. The fourth-order valence-corrected chi connectivity index (χ4v) is 3.53.